The minimum Gasteiger partial charge on any atom is -0.496 e. The number of aliphatic hydroxyl groups excluding tert-OH is 4. The summed E-state index contributed by atoms with van der Waals surface area (Å²) in [7, 11) is 1.49. The minimum absolute atomic E-state index is 0.206. The van der Waals surface area contributed by atoms with Crippen molar-refractivity contribution in [3.8, 4) is 11.5 Å². The van der Waals surface area contributed by atoms with Crippen molar-refractivity contribution in [2.75, 3.05) is 13.7 Å². The standard InChI is InChI=1S/C20H22O9/c1-8-13-10(19(25)27-8)6-9-4-3-5-11(26-2)14(9)18(13)29-20-17(24)16(23)15(22)12(7-21)28-20/h3-6,8,12,15-17,20-24H,7H2,1-2H3/t8-,12+,15+,16-,17+,20-/m0/s1. The first-order chi connectivity index (χ1) is 13.9. The molecule has 6 atom stereocenters. The summed E-state index contributed by atoms with van der Waals surface area (Å²) < 4.78 is 22.2. The van der Waals surface area contributed by atoms with Gasteiger partial charge in [0.15, 0.2) is 0 Å². The molecule has 2 aliphatic heterocycles. The van der Waals surface area contributed by atoms with E-state index in [1.807, 2.05) is 0 Å². The maximum Gasteiger partial charge on any atom is 0.339 e. The number of methoxy groups -OCH3 is 1. The number of hydrogen-bond acceptors (Lipinski definition) is 9. The number of carbonyl (C=O) groups is 1. The van der Waals surface area contributed by atoms with E-state index in [1.54, 1.807) is 31.2 Å². The van der Waals surface area contributed by atoms with Crippen LogP contribution in [-0.2, 0) is 9.47 Å². The largest absolute Gasteiger partial charge is 0.496 e. The highest BCUT2D eigenvalue weighted by Gasteiger charge is 2.46. The molecular weight excluding hydrogens is 384 g/mol. The van der Waals surface area contributed by atoms with Crippen molar-refractivity contribution in [2.24, 2.45) is 0 Å². The Bertz CT molecular complexity index is 941. The van der Waals surface area contributed by atoms with Crippen LogP contribution in [-0.4, -0.2) is 70.8 Å². The third-order valence-electron chi connectivity index (χ3n) is 5.33. The van der Waals surface area contributed by atoms with Crippen molar-refractivity contribution in [3.63, 3.8) is 0 Å². The number of cyclic esters (lactones) is 1. The molecule has 1 saturated heterocycles. The van der Waals surface area contributed by atoms with E-state index < -0.39 is 49.4 Å². The molecular formula is C20H22O9. The Hall–Kier alpha value is -2.43. The monoisotopic (exact) mass is 406 g/mol. The van der Waals surface area contributed by atoms with Gasteiger partial charge in [-0.15, -0.1) is 0 Å². The summed E-state index contributed by atoms with van der Waals surface area (Å²) in [6.45, 7) is 1.10. The molecule has 0 unspecified atom stereocenters. The molecule has 0 bridgehead atoms. The van der Waals surface area contributed by atoms with Crippen LogP contribution in [0.25, 0.3) is 10.8 Å². The molecule has 9 nitrogen and oxygen atoms in total. The first-order valence-electron chi connectivity index (χ1n) is 9.19. The molecule has 0 amide bonds. The lowest BCUT2D eigenvalue weighted by Crippen LogP contribution is -2.60. The highest BCUT2D eigenvalue weighted by Crippen LogP contribution is 2.46. The predicted octanol–water partition coefficient (Wildman–Crippen LogP) is 0.258. The van der Waals surface area contributed by atoms with E-state index in [2.05, 4.69) is 0 Å². The molecule has 1 fully saturated rings. The Kier molecular flexibility index (Phi) is 5.09. The SMILES string of the molecule is COc1cccc2cc3c(c(O[C@@H]4O[C@H](CO)[C@@H](O)[C@H](O)[C@H]4O)c12)[C@H](C)OC3=O. The van der Waals surface area contributed by atoms with Crippen LogP contribution in [0.15, 0.2) is 24.3 Å². The normalized spacial score (nSPS) is 31.4. The Morgan fingerprint density at radius 2 is 1.90 bits per heavy atom. The smallest absolute Gasteiger partial charge is 0.339 e. The lowest BCUT2D eigenvalue weighted by molar-refractivity contribution is -0.277. The third-order valence-corrected chi connectivity index (χ3v) is 5.33. The van der Waals surface area contributed by atoms with E-state index in [0.717, 1.165) is 0 Å². The van der Waals surface area contributed by atoms with Crippen molar-refractivity contribution >= 4 is 16.7 Å². The maximum atomic E-state index is 12.3. The Morgan fingerprint density at radius 3 is 2.59 bits per heavy atom. The lowest BCUT2D eigenvalue weighted by Gasteiger charge is -2.40. The van der Waals surface area contributed by atoms with E-state index in [-0.39, 0.29) is 5.75 Å². The lowest BCUT2D eigenvalue weighted by atomic mass is 9.96. The minimum atomic E-state index is -1.60. The average molecular weight is 406 g/mol. The number of aliphatic hydroxyl groups is 4. The molecule has 0 aromatic heterocycles. The molecule has 2 aliphatic rings. The van der Waals surface area contributed by atoms with E-state index in [4.69, 9.17) is 18.9 Å². The van der Waals surface area contributed by atoms with E-state index in [9.17, 15) is 25.2 Å². The number of rotatable bonds is 4. The van der Waals surface area contributed by atoms with Gasteiger partial charge in [0.25, 0.3) is 0 Å². The van der Waals surface area contributed by atoms with Crippen molar-refractivity contribution in [2.45, 2.75) is 43.7 Å². The van der Waals surface area contributed by atoms with Gasteiger partial charge in [0.05, 0.1) is 24.7 Å². The molecule has 9 heteroatoms. The Balaban J connectivity index is 1.86. The van der Waals surface area contributed by atoms with Gasteiger partial charge in [-0.05, 0) is 24.4 Å². The van der Waals surface area contributed by atoms with Gasteiger partial charge in [0.2, 0.25) is 6.29 Å². The summed E-state index contributed by atoms with van der Waals surface area (Å²) in [6.07, 6.45) is -7.85. The van der Waals surface area contributed by atoms with Gasteiger partial charge in [-0.25, -0.2) is 4.79 Å². The average Bonchev–Trinajstić information content (AvgIpc) is 3.00. The molecule has 2 heterocycles. The highest BCUT2D eigenvalue weighted by atomic mass is 16.7. The fourth-order valence-electron chi connectivity index (χ4n) is 3.83. The molecule has 29 heavy (non-hydrogen) atoms. The van der Waals surface area contributed by atoms with Gasteiger partial charge in [0, 0.05) is 5.56 Å². The van der Waals surface area contributed by atoms with Gasteiger partial charge in [-0.1, -0.05) is 12.1 Å². The molecule has 2 aromatic carbocycles. The topological polar surface area (TPSA) is 135 Å². The van der Waals surface area contributed by atoms with Crippen LogP contribution < -0.4 is 9.47 Å². The van der Waals surface area contributed by atoms with Crippen molar-refractivity contribution < 1.29 is 44.2 Å². The number of carbonyl (C=O) groups excluding carboxylic acids is 1. The second-order valence-electron chi connectivity index (χ2n) is 7.09. The van der Waals surface area contributed by atoms with Crippen LogP contribution in [0.2, 0.25) is 0 Å². The first kappa shape index (κ1) is 19.9. The van der Waals surface area contributed by atoms with E-state index in [0.29, 0.717) is 27.6 Å². The number of hydrogen-bond donors (Lipinski definition) is 4. The first-order valence-corrected chi connectivity index (χ1v) is 9.19. The Morgan fingerprint density at radius 1 is 1.14 bits per heavy atom. The number of ether oxygens (including phenoxy) is 4. The summed E-state index contributed by atoms with van der Waals surface area (Å²) >= 11 is 0. The highest BCUT2D eigenvalue weighted by molar-refractivity contribution is 6.04. The maximum absolute atomic E-state index is 12.3. The van der Waals surface area contributed by atoms with E-state index in [1.165, 1.54) is 7.11 Å². The van der Waals surface area contributed by atoms with Crippen LogP contribution in [0.1, 0.15) is 28.9 Å². The summed E-state index contributed by atoms with van der Waals surface area (Å²) in [5.41, 5.74) is 0.779. The van der Waals surface area contributed by atoms with Gasteiger partial charge >= 0.3 is 5.97 Å². The molecule has 0 spiro atoms. The summed E-state index contributed by atoms with van der Waals surface area (Å²) in [5.74, 6) is 0.171. The van der Waals surface area contributed by atoms with Crippen LogP contribution in [0, 0.1) is 0 Å². The van der Waals surface area contributed by atoms with Gasteiger partial charge in [-0.2, -0.15) is 0 Å². The molecule has 0 saturated carbocycles. The molecule has 156 valence electrons. The fraction of sp³-hybridized carbons (Fsp3) is 0.450. The van der Waals surface area contributed by atoms with Crippen LogP contribution >= 0.6 is 0 Å². The number of benzene rings is 2. The van der Waals surface area contributed by atoms with Crippen molar-refractivity contribution in [1.29, 1.82) is 0 Å². The van der Waals surface area contributed by atoms with Crippen molar-refractivity contribution in [1.82, 2.24) is 0 Å². The quantitative estimate of drug-likeness (QED) is 0.527. The summed E-state index contributed by atoms with van der Waals surface area (Å²) in [6, 6.07) is 6.93. The number of fused-ring (bicyclic) bond motifs is 2. The summed E-state index contributed by atoms with van der Waals surface area (Å²) in [5, 5.41) is 41.0. The van der Waals surface area contributed by atoms with Crippen LogP contribution in [0.3, 0.4) is 0 Å². The van der Waals surface area contributed by atoms with Crippen LogP contribution in [0.5, 0.6) is 11.5 Å². The zero-order chi connectivity index (χ0) is 20.9. The van der Waals surface area contributed by atoms with Crippen molar-refractivity contribution in [3.05, 3.63) is 35.4 Å². The Labute approximate surface area is 166 Å². The van der Waals surface area contributed by atoms with Gasteiger partial charge in [0.1, 0.15) is 42.0 Å². The van der Waals surface area contributed by atoms with E-state index >= 15 is 0 Å². The summed E-state index contributed by atoms with van der Waals surface area (Å²) in [4.78, 5) is 12.3. The zero-order valence-electron chi connectivity index (χ0n) is 15.8. The molecule has 0 aliphatic carbocycles. The predicted molar refractivity (Wildman–Crippen MR) is 98.7 cm³/mol. The molecule has 0 radical (unpaired) electrons. The second-order valence-corrected chi connectivity index (χ2v) is 7.09. The van der Waals surface area contributed by atoms with Gasteiger partial charge < -0.3 is 39.4 Å². The fourth-order valence-corrected chi connectivity index (χ4v) is 3.83. The molecule has 4 rings (SSSR count). The third kappa shape index (κ3) is 3.11. The molecule has 2 aromatic rings. The second kappa shape index (κ2) is 7.43. The number of esters is 1. The van der Waals surface area contributed by atoms with Crippen LogP contribution in [0.4, 0.5) is 0 Å². The van der Waals surface area contributed by atoms with Gasteiger partial charge in [-0.3, -0.25) is 0 Å². The molecule has 4 N–H and O–H groups in total. The zero-order valence-corrected chi connectivity index (χ0v) is 15.8.